The second kappa shape index (κ2) is 12.3. The summed E-state index contributed by atoms with van der Waals surface area (Å²) in [5.74, 6) is -0.0981. The molecule has 2 aromatic heterocycles. The van der Waals surface area contributed by atoms with Crippen LogP contribution in [-0.2, 0) is 16.1 Å². The van der Waals surface area contributed by atoms with Crippen molar-refractivity contribution in [2.45, 2.75) is 60.0 Å². The number of carbonyl (C=O) groups is 1. The molecule has 230 valence electrons. The molecule has 0 amide bonds. The van der Waals surface area contributed by atoms with E-state index in [1.54, 1.807) is 11.5 Å². The molecule has 45 heavy (non-hydrogen) atoms. The van der Waals surface area contributed by atoms with Crippen LogP contribution in [0.3, 0.4) is 0 Å². The fourth-order valence-electron chi connectivity index (χ4n) is 6.20. The highest BCUT2D eigenvalue weighted by molar-refractivity contribution is 7.07. The third-order valence-corrected chi connectivity index (χ3v) is 9.79. The van der Waals surface area contributed by atoms with Crippen molar-refractivity contribution in [2.24, 2.45) is 4.99 Å². The average Bonchev–Trinajstić information content (AvgIpc) is 3.46. The number of rotatable bonds is 7. The summed E-state index contributed by atoms with van der Waals surface area (Å²) in [5.41, 5.74) is 8.27. The molecule has 5 aromatic rings. The fourth-order valence-corrected chi connectivity index (χ4v) is 7.35. The van der Waals surface area contributed by atoms with E-state index in [1.807, 2.05) is 49.4 Å². The fraction of sp³-hybridized carbons (Fsp3) is 0.270. The number of ether oxygens (including phenoxy) is 1. The first-order chi connectivity index (χ1) is 21.6. The summed E-state index contributed by atoms with van der Waals surface area (Å²) in [6, 6.07) is 21.7. The van der Waals surface area contributed by atoms with Crippen molar-refractivity contribution in [2.75, 3.05) is 6.61 Å². The number of para-hydroxylation sites is 1. The molecular weight excluding hydrogens is 602 g/mol. The van der Waals surface area contributed by atoms with Crippen molar-refractivity contribution in [1.29, 1.82) is 0 Å². The van der Waals surface area contributed by atoms with Crippen LogP contribution in [0.2, 0.25) is 5.02 Å². The number of benzene rings is 3. The lowest BCUT2D eigenvalue weighted by atomic mass is 9.93. The van der Waals surface area contributed by atoms with Crippen molar-refractivity contribution in [3.63, 3.8) is 0 Å². The molecule has 8 heteroatoms. The lowest BCUT2D eigenvalue weighted by Gasteiger charge is -2.25. The van der Waals surface area contributed by atoms with Gasteiger partial charge in [-0.25, -0.2) is 9.79 Å². The Kier molecular flexibility index (Phi) is 8.42. The average molecular weight is 638 g/mol. The number of aromatic nitrogens is 2. The molecule has 1 atom stereocenters. The molecule has 6 rings (SSSR count). The molecule has 6 nitrogen and oxygen atoms in total. The largest absolute Gasteiger partial charge is 0.463 e. The highest BCUT2D eigenvalue weighted by atomic mass is 35.5. The van der Waals surface area contributed by atoms with Gasteiger partial charge >= 0.3 is 5.97 Å². The van der Waals surface area contributed by atoms with E-state index in [1.165, 1.54) is 16.9 Å². The number of thiazole rings is 1. The van der Waals surface area contributed by atoms with Crippen molar-refractivity contribution in [1.82, 2.24) is 9.13 Å². The van der Waals surface area contributed by atoms with Crippen LogP contribution in [0.15, 0.2) is 87.8 Å². The molecular formula is C37H36ClN3O3S. The first kappa shape index (κ1) is 30.8. The van der Waals surface area contributed by atoms with E-state index in [4.69, 9.17) is 21.3 Å². The zero-order valence-electron chi connectivity index (χ0n) is 26.3. The molecule has 0 fully saturated rings. The zero-order chi connectivity index (χ0) is 32.0. The Morgan fingerprint density at radius 1 is 1.04 bits per heavy atom. The summed E-state index contributed by atoms with van der Waals surface area (Å²) >= 11 is 7.51. The SMILES string of the molecule is CCOC(=O)C1=C(C)N=c2s/c(=C\c3c(C)n(Cc4ccc(Cl)cc4)c4c(C)cccc34)c(=O)n2[C@@H]1c1ccc(C(C)C)cc1. The number of hydrogen-bond acceptors (Lipinski definition) is 5. The molecule has 0 N–H and O–H groups in total. The van der Waals surface area contributed by atoms with E-state index >= 15 is 0 Å². The second-order valence-electron chi connectivity index (χ2n) is 11.8. The molecule has 3 heterocycles. The number of hydrogen-bond donors (Lipinski definition) is 0. The summed E-state index contributed by atoms with van der Waals surface area (Å²) in [7, 11) is 0. The van der Waals surface area contributed by atoms with Gasteiger partial charge in [-0.1, -0.05) is 91.4 Å². The predicted octanol–water partition coefficient (Wildman–Crippen LogP) is 7.19. The molecule has 0 saturated carbocycles. The minimum absolute atomic E-state index is 0.184. The van der Waals surface area contributed by atoms with Gasteiger partial charge in [0.05, 0.1) is 34.0 Å². The Hall–Kier alpha value is -4.20. The van der Waals surface area contributed by atoms with Crippen LogP contribution >= 0.6 is 22.9 Å². The van der Waals surface area contributed by atoms with Gasteiger partial charge in [-0.3, -0.25) is 9.36 Å². The number of aryl methyl sites for hydroxylation is 1. The number of allylic oxidation sites excluding steroid dienone is 1. The van der Waals surface area contributed by atoms with Crippen LogP contribution in [0, 0.1) is 13.8 Å². The van der Waals surface area contributed by atoms with Gasteiger partial charge in [0.25, 0.3) is 5.56 Å². The Bertz CT molecular complexity index is 2150. The summed E-state index contributed by atoms with van der Waals surface area (Å²) in [5, 5.41) is 1.78. The number of carbonyl (C=O) groups excluding carboxylic acids is 1. The first-order valence-electron chi connectivity index (χ1n) is 15.2. The number of esters is 1. The predicted molar refractivity (Wildman–Crippen MR) is 183 cm³/mol. The normalized spacial score (nSPS) is 15.1. The van der Waals surface area contributed by atoms with Crippen LogP contribution in [0.4, 0.5) is 0 Å². The minimum Gasteiger partial charge on any atom is -0.463 e. The molecule has 0 aliphatic carbocycles. The van der Waals surface area contributed by atoms with Gasteiger partial charge in [-0.2, -0.15) is 0 Å². The van der Waals surface area contributed by atoms with Gasteiger partial charge in [-0.05, 0) is 74.1 Å². The van der Waals surface area contributed by atoms with Crippen molar-refractivity contribution >= 4 is 45.9 Å². The van der Waals surface area contributed by atoms with Gasteiger partial charge in [0.2, 0.25) is 0 Å². The molecule has 0 spiro atoms. The van der Waals surface area contributed by atoms with Crippen molar-refractivity contribution in [3.05, 3.63) is 136 Å². The Morgan fingerprint density at radius 3 is 2.42 bits per heavy atom. The second-order valence-corrected chi connectivity index (χ2v) is 13.3. The summed E-state index contributed by atoms with van der Waals surface area (Å²) in [6.45, 7) is 13.0. The van der Waals surface area contributed by atoms with E-state index in [9.17, 15) is 9.59 Å². The molecule has 0 radical (unpaired) electrons. The van der Waals surface area contributed by atoms with Crippen LogP contribution < -0.4 is 14.9 Å². The van der Waals surface area contributed by atoms with E-state index < -0.39 is 12.0 Å². The van der Waals surface area contributed by atoms with E-state index in [0.717, 1.165) is 38.9 Å². The maximum absolute atomic E-state index is 14.3. The van der Waals surface area contributed by atoms with Gasteiger partial charge in [0.15, 0.2) is 4.80 Å². The highest BCUT2D eigenvalue weighted by Crippen LogP contribution is 2.33. The monoisotopic (exact) mass is 637 g/mol. The standard InChI is InChI=1S/C37H36ClN3O3S/c1-7-44-36(43)32-23(5)39-37-41(34(32)27-15-13-26(14-16-27)21(2)3)35(42)31(45-37)19-30-24(6)40(20-25-11-17-28(38)18-12-25)33-22(4)9-8-10-29(30)33/h8-19,21,34H,7,20H2,1-6H3/b31-19-/t34-/m1/s1. The highest BCUT2D eigenvalue weighted by Gasteiger charge is 2.33. The maximum Gasteiger partial charge on any atom is 0.338 e. The van der Waals surface area contributed by atoms with Gasteiger partial charge in [-0.15, -0.1) is 0 Å². The number of fused-ring (bicyclic) bond motifs is 2. The molecule has 0 saturated heterocycles. The van der Waals surface area contributed by atoms with Crippen molar-refractivity contribution < 1.29 is 9.53 Å². The van der Waals surface area contributed by atoms with Crippen LogP contribution in [-0.4, -0.2) is 21.7 Å². The molecule has 0 unspecified atom stereocenters. The lowest BCUT2D eigenvalue weighted by molar-refractivity contribution is -0.139. The minimum atomic E-state index is -0.641. The van der Waals surface area contributed by atoms with E-state index in [-0.39, 0.29) is 12.2 Å². The van der Waals surface area contributed by atoms with Gasteiger partial charge < -0.3 is 9.30 Å². The van der Waals surface area contributed by atoms with Crippen LogP contribution in [0.5, 0.6) is 0 Å². The number of nitrogens with zero attached hydrogens (tertiary/aromatic N) is 3. The summed E-state index contributed by atoms with van der Waals surface area (Å²) in [4.78, 5) is 33.0. The van der Waals surface area contributed by atoms with Crippen molar-refractivity contribution in [3.8, 4) is 0 Å². The maximum atomic E-state index is 14.3. The van der Waals surface area contributed by atoms with E-state index in [0.29, 0.717) is 38.1 Å². The summed E-state index contributed by atoms with van der Waals surface area (Å²) < 4.78 is 9.99. The molecule has 1 aliphatic heterocycles. The third kappa shape index (κ3) is 5.60. The third-order valence-electron chi connectivity index (χ3n) is 8.56. The quantitative estimate of drug-likeness (QED) is 0.177. The number of halogens is 1. The first-order valence-corrected chi connectivity index (χ1v) is 16.4. The Morgan fingerprint density at radius 2 is 1.76 bits per heavy atom. The molecule has 1 aliphatic rings. The zero-order valence-corrected chi connectivity index (χ0v) is 27.9. The topological polar surface area (TPSA) is 65.6 Å². The van der Waals surface area contributed by atoms with Gasteiger partial charge in [0.1, 0.15) is 0 Å². The molecule has 0 bridgehead atoms. The summed E-state index contributed by atoms with van der Waals surface area (Å²) in [6.07, 6.45) is 1.99. The van der Waals surface area contributed by atoms with Gasteiger partial charge in [0, 0.05) is 28.2 Å². The lowest BCUT2D eigenvalue weighted by Crippen LogP contribution is -2.40. The Balaban J connectivity index is 1.55. The molecule has 3 aromatic carbocycles. The van der Waals surface area contributed by atoms with E-state index in [2.05, 4.69) is 62.6 Å². The Labute approximate surface area is 271 Å². The smallest absolute Gasteiger partial charge is 0.338 e. The van der Waals surface area contributed by atoms with Crippen LogP contribution in [0.1, 0.15) is 73.2 Å². The van der Waals surface area contributed by atoms with Crippen LogP contribution in [0.25, 0.3) is 17.0 Å².